The standard InChI is InChI=1S/C18H20ClN3O4/c1-9-7-21(4-3-20-9)16-11-5-10(2)22-8-14(26-18(24)25)17(23)12(15(11)22)6-13(16)19/h6,8-10,20H,3-5,7H2,1-2H3,(H,24,25). The number of hydrogen-bond acceptors (Lipinski definition) is 5. The summed E-state index contributed by atoms with van der Waals surface area (Å²) >= 11 is 6.60. The lowest BCUT2D eigenvalue weighted by molar-refractivity contribution is 0.143. The summed E-state index contributed by atoms with van der Waals surface area (Å²) in [6.45, 7) is 6.74. The van der Waals surface area contributed by atoms with Gasteiger partial charge in [-0.05, 0) is 26.3 Å². The van der Waals surface area contributed by atoms with E-state index in [4.69, 9.17) is 16.7 Å². The third kappa shape index (κ3) is 2.62. The third-order valence-corrected chi connectivity index (χ3v) is 5.45. The highest BCUT2D eigenvalue weighted by Crippen LogP contribution is 2.42. The zero-order valence-electron chi connectivity index (χ0n) is 14.6. The molecule has 1 aromatic heterocycles. The van der Waals surface area contributed by atoms with Gasteiger partial charge in [-0.1, -0.05) is 11.6 Å². The van der Waals surface area contributed by atoms with E-state index in [0.29, 0.717) is 16.5 Å². The molecule has 2 unspecified atom stereocenters. The number of carboxylic acid groups (broad SMARTS) is 1. The van der Waals surface area contributed by atoms with Gasteiger partial charge in [0.1, 0.15) is 0 Å². The number of ether oxygens (including phenoxy) is 1. The molecule has 4 rings (SSSR count). The molecule has 138 valence electrons. The molecule has 0 radical (unpaired) electrons. The minimum absolute atomic E-state index is 0.0850. The van der Waals surface area contributed by atoms with E-state index in [9.17, 15) is 9.59 Å². The zero-order chi connectivity index (χ0) is 18.6. The highest BCUT2D eigenvalue weighted by atomic mass is 35.5. The Bertz CT molecular complexity index is 971. The lowest BCUT2D eigenvalue weighted by Gasteiger charge is -2.35. The summed E-state index contributed by atoms with van der Waals surface area (Å²) in [6, 6.07) is 2.09. The van der Waals surface area contributed by atoms with Gasteiger partial charge in [-0.3, -0.25) is 4.79 Å². The molecule has 1 aromatic carbocycles. The molecular weight excluding hydrogens is 358 g/mol. The third-order valence-electron chi connectivity index (χ3n) is 5.16. The lowest BCUT2D eigenvalue weighted by atomic mass is 10.0. The van der Waals surface area contributed by atoms with Gasteiger partial charge in [0, 0.05) is 37.3 Å². The first kappa shape index (κ1) is 17.2. The van der Waals surface area contributed by atoms with Crippen LogP contribution < -0.4 is 20.4 Å². The predicted octanol–water partition coefficient (Wildman–Crippen LogP) is 2.63. The van der Waals surface area contributed by atoms with Crippen molar-refractivity contribution in [3.63, 3.8) is 0 Å². The van der Waals surface area contributed by atoms with E-state index in [0.717, 1.165) is 42.8 Å². The fourth-order valence-corrected chi connectivity index (χ4v) is 4.45. The minimum atomic E-state index is -1.50. The van der Waals surface area contributed by atoms with Crippen LogP contribution >= 0.6 is 11.6 Å². The molecule has 7 nitrogen and oxygen atoms in total. The number of hydrogen-bond donors (Lipinski definition) is 2. The van der Waals surface area contributed by atoms with Crippen LogP contribution in [0.15, 0.2) is 17.1 Å². The highest BCUT2D eigenvalue weighted by Gasteiger charge is 2.30. The van der Waals surface area contributed by atoms with Gasteiger partial charge in [-0.25, -0.2) is 4.79 Å². The molecule has 26 heavy (non-hydrogen) atoms. The molecule has 0 bridgehead atoms. The Morgan fingerprint density at radius 1 is 1.42 bits per heavy atom. The van der Waals surface area contributed by atoms with Crippen LogP contribution in [0.4, 0.5) is 10.5 Å². The number of pyridine rings is 1. The van der Waals surface area contributed by atoms with Crippen LogP contribution in [-0.4, -0.2) is 41.5 Å². The fraction of sp³-hybridized carbons (Fsp3) is 0.444. The normalized spacial score (nSPS) is 22.0. The van der Waals surface area contributed by atoms with E-state index in [-0.39, 0.29) is 11.8 Å². The first-order valence-corrected chi connectivity index (χ1v) is 9.04. The van der Waals surface area contributed by atoms with Crippen molar-refractivity contribution in [2.45, 2.75) is 32.4 Å². The van der Waals surface area contributed by atoms with Crippen LogP contribution in [0.5, 0.6) is 5.75 Å². The fourth-order valence-electron chi connectivity index (χ4n) is 4.11. The molecule has 0 spiro atoms. The summed E-state index contributed by atoms with van der Waals surface area (Å²) < 4.78 is 6.62. The Hall–Kier alpha value is -2.25. The summed E-state index contributed by atoms with van der Waals surface area (Å²) in [4.78, 5) is 25.9. The molecule has 8 heteroatoms. The summed E-state index contributed by atoms with van der Waals surface area (Å²) in [5.74, 6) is -0.190. The Labute approximate surface area is 155 Å². The van der Waals surface area contributed by atoms with E-state index in [1.807, 2.05) is 11.5 Å². The van der Waals surface area contributed by atoms with Crippen molar-refractivity contribution < 1.29 is 14.6 Å². The summed E-state index contributed by atoms with van der Waals surface area (Å²) in [5.41, 5.74) is 2.41. The molecule has 2 aliphatic heterocycles. The van der Waals surface area contributed by atoms with Crippen molar-refractivity contribution in [1.82, 2.24) is 9.88 Å². The largest absolute Gasteiger partial charge is 0.511 e. The number of nitrogens with zero attached hydrogens (tertiary/aromatic N) is 2. The van der Waals surface area contributed by atoms with Crippen LogP contribution in [0.3, 0.4) is 0 Å². The Morgan fingerprint density at radius 2 is 2.19 bits per heavy atom. The summed E-state index contributed by atoms with van der Waals surface area (Å²) in [6.07, 6.45) is 0.733. The van der Waals surface area contributed by atoms with Crippen LogP contribution in [0.1, 0.15) is 25.5 Å². The number of benzene rings is 1. The maximum Gasteiger partial charge on any atom is 0.511 e. The number of piperazine rings is 1. The highest BCUT2D eigenvalue weighted by molar-refractivity contribution is 6.34. The maximum absolute atomic E-state index is 12.7. The van der Waals surface area contributed by atoms with E-state index in [1.165, 1.54) is 6.20 Å². The van der Waals surface area contributed by atoms with E-state index >= 15 is 0 Å². The molecule has 1 saturated heterocycles. The van der Waals surface area contributed by atoms with Gasteiger partial charge in [0.05, 0.1) is 27.8 Å². The molecular formula is C18H20ClN3O4. The summed E-state index contributed by atoms with van der Waals surface area (Å²) in [5, 5.41) is 13.2. The average molecular weight is 378 g/mol. The van der Waals surface area contributed by atoms with Crippen molar-refractivity contribution in [3.05, 3.63) is 33.1 Å². The van der Waals surface area contributed by atoms with Crippen LogP contribution in [-0.2, 0) is 6.42 Å². The number of rotatable bonds is 2. The van der Waals surface area contributed by atoms with Crippen LogP contribution in [0.2, 0.25) is 5.02 Å². The molecule has 1 fully saturated rings. The minimum Gasteiger partial charge on any atom is -0.449 e. The molecule has 2 aliphatic rings. The molecule has 2 aromatic rings. The average Bonchev–Trinajstić information content (AvgIpc) is 2.88. The van der Waals surface area contributed by atoms with Gasteiger partial charge in [-0.2, -0.15) is 0 Å². The van der Waals surface area contributed by atoms with E-state index < -0.39 is 11.6 Å². The second kappa shape index (κ2) is 6.17. The Balaban J connectivity index is 1.95. The zero-order valence-corrected chi connectivity index (χ0v) is 15.3. The van der Waals surface area contributed by atoms with Crippen LogP contribution in [0, 0.1) is 0 Å². The van der Waals surface area contributed by atoms with Crippen molar-refractivity contribution in [2.75, 3.05) is 24.5 Å². The number of halogens is 1. The van der Waals surface area contributed by atoms with Gasteiger partial charge in [0.2, 0.25) is 5.43 Å². The van der Waals surface area contributed by atoms with Gasteiger partial charge >= 0.3 is 6.16 Å². The topological polar surface area (TPSA) is 83.8 Å². The van der Waals surface area contributed by atoms with Gasteiger partial charge < -0.3 is 24.6 Å². The molecule has 0 aliphatic carbocycles. The lowest BCUT2D eigenvalue weighted by Crippen LogP contribution is -2.49. The van der Waals surface area contributed by atoms with Gasteiger partial charge in [-0.15, -0.1) is 0 Å². The smallest absolute Gasteiger partial charge is 0.449 e. The first-order valence-electron chi connectivity index (χ1n) is 8.66. The Kier molecular flexibility index (Phi) is 4.08. The molecule has 0 amide bonds. The molecule has 2 atom stereocenters. The first-order chi connectivity index (χ1) is 12.4. The van der Waals surface area contributed by atoms with E-state index in [2.05, 4.69) is 21.9 Å². The second-order valence-electron chi connectivity index (χ2n) is 7.03. The van der Waals surface area contributed by atoms with Gasteiger partial charge in [0.25, 0.3) is 0 Å². The molecule has 2 N–H and O–H groups in total. The van der Waals surface area contributed by atoms with Crippen molar-refractivity contribution in [2.24, 2.45) is 0 Å². The number of nitrogens with one attached hydrogen (secondary N) is 1. The summed E-state index contributed by atoms with van der Waals surface area (Å²) in [7, 11) is 0. The SMILES string of the molecule is CC1CN(c2c(Cl)cc3c(=O)c(OC(=O)O)cn4c3c2CC4C)CCN1. The van der Waals surface area contributed by atoms with E-state index in [1.54, 1.807) is 6.07 Å². The number of carbonyl (C=O) groups is 1. The van der Waals surface area contributed by atoms with Crippen LogP contribution in [0.25, 0.3) is 10.9 Å². The number of aromatic nitrogens is 1. The Morgan fingerprint density at radius 3 is 2.88 bits per heavy atom. The van der Waals surface area contributed by atoms with Gasteiger partial charge in [0.15, 0.2) is 5.75 Å². The molecule has 3 heterocycles. The van der Waals surface area contributed by atoms with Crippen molar-refractivity contribution in [3.8, 4) is 5.75 Å². The molecule has 0 saturated carbocycles. The van der Waals surface area contributed by atoms with Crippen molar-refractivity contribution >= 4 is 34.3 Å². The monoisotopic (exact) mass is 377 g/mol. The second-order valence-corrected chi connectivity index (χ2v) is 7.44. The predicted molar refractivity (Wildman–Crippen MR) is 100.0 cm³/mol. The number of anilines is 1. The quantitative estimate of drug-likeness (QED) is 0.783. The van der Waals surface area contributed by atoms with Crippen molar-refractivity contribution in [1.29, 1.82) is 0 Å². The maximum atomic E-state index is 12.7.